The molecule has 0 heterocycles. The Labute approximate surface area is 104 Å². The van der Waals surface area contributed by atoms with E-state index in [9.17, 15) is 4.79 Å². The van der Waals surface area contributed by atoms with E-state index in [-0.39, 0.29) is 12.7 Å². The van der Waals surface area contributed by atoms with Crippen molar-refractivity contribution in [2.75, 3.05) is 13.2 Å². The molecule has 4 nitrogen and oxygen atoms in total. The van der Waals surface area contributed by atoms with Gasteiger partial charge in [0.05, 0.1) is 12.7 Å². The highest BCUT2D eigenvalue weighted by atomic mass is 16.5. The molecule has 0 saturated heterocycles. The second-order valence-corrected chi connectivity index (χ2v) is 4.98. The lowest BCUT2D eigenvalue weighted by molar-refractivity contribution is -0.142. The van der Waals surface area contributed by atoms with E-state index < -0.39 is 12.0 Å². The number of carbonyl (C=O) groups is 1. The van der Waals surface area contributed by atoms with E-state index in [4.69, 9.17) is 9.84 Å². The summed E-state index contributed by atoms with van der Waals surface area (Å²) < 4.78 is 5.77. The fourth-order valence-corrected chi connectivity index (χ4v) is 2.29. The summed E-state index contributed by atoms with van der Waals surface area (Å²) in [7, 11) is 0. The molecular formula is C13H25NO3. The van der Waals surface area contributed by atoms with Crippen LogP contribution in [0.4, 0.5) is 0 Å². The Morgan fingerprint density at radius 3 is 2.76 bits per heavy atom. The van der Waals surface area contributed by atoms with Crippen LogP contribution in [0.25, 0.3) is 0 Å². The minimum absolute atomic E-state index is 0.244. The van der Waals surface area contributed by atoms with E-state index in [1.165, 1.54) is 19.3 Å². The largest absolute Gasteiger partial charge is 0.480 e. The Balaban J connectivity index is 2.31. The predicted octanol–water partition coefficient (Wildman–Crippen LogP) is 2.03. The highest BCUT2D eigenvalue weighted by Gasteiger charge is 2.24. The molecule has 0 aromatic rings. The van der Waals surface area contributed by atoms with Crippen LogP contribution in [-0.2, 0) is 9.53 Å². The lowest BCUT2D eigenvalue weighted by Gasteiger charge is -2.29. The molecule has 0 bridgehead atoms. The molecule has 0 spiro atoms. The fraction of sp³-hybridized carbons (Fsp3) is 0.923. The quantitative estimate of drug-likeness (QED) is 0.718. The van der Waals surface area contributed by atoms with Gasteiger partial charge in [-0.2, -0.15) is 0 Å². The molecule has 2 N–H and O–H groups in total. The van der Waals surface area contributed by atoms with Crippen molar-refractivity contribution in [3.05, 3.63) is 0 Å². The maximum absolute atomic E-state index is 11.0. The van der Waals surface area contributed by atoms with Gasteiger partial charge in [-0.15, -0.1) is 0 Å². The van der Waals surface area contributed by atoms with Gasteiger partial charge in [0, 0.05) is 0 Å². The Hall–Kier alpha value is -0.610. The van der Waals surface area contributed by atoms with Gasteiger partial charge < -0.3 is 15.2 Å². The van der Waals surface area contributed by atoms with E-state index in [0.717, 1.165) is 19.4 Å². The molecule has 4 heteroatoms. The molecule has 0 aromatic carbocycles. The van der Waals surface area contributed by atoms with Crippen molar-refractivity contribution < 1.29 is 14.6 Å². The minimum atomic E-state index is -0.818. The van der Waals surface area contributed by atoms with Crippen LogP contribution in [0.3, 0.4) is 0 Å². The van der Waals surface area contributed by atoms with E-state index in [2.05, 4.69) is 12.2 Å². The molecule has 0 aliphatic heterocycles. The smallest absolute Gasteiger partial charge is 0.323 e. The summed E-state index contributed by atoms with van der Waals surface area (Å²) in [5, 5.41) is 12.1. The normalized spacial score (nSPS) is 26.7. The number of hydrogen-bond donors (Lipinski definition) is 2. The second-order valence-electron chi connectivity index (χ2n) is 4.98. The average Bonchev–Trinajstić information content (AvgIpc) is 2.31. The first-order valence-electron chi connectivity index (χ1n) is 6.73. The second kappa shape index (κ2) is 7.67. The highest BCUT2D eigenvalue weighted by molar-refractivity contribution is 5.73. The number of ether oxygens (including phenoxy) is 1. The van der Waals surface area contributed by atoms with Crippen LogP contribution >= 0.6 is 0 Å². The van der Waals surface area contributed by atoms with Gasteiger partial charge in [0.15, 0.2) is 0 Å². The Bertz CT molecular complexity index is 233. The first kappa shape index (κ1) is 14.5. The number of carboxylic acid groups (broad SMARTS) is 1. The average molecular weight is 243 g/mol. The molecule has 0 radical (unpaired) electrons. The molecule has 0 amide bonds. The van der Waals surface area contributed by atoms with Gasteiger partial charge in [-0.1, -0.05) is 26.7 Å². The van der Waals surface area contributed by atoms with Gasteiger partial charge in [-0.05, 0) is 31.7 Å². The van der Waals surface area contributed by atoms with Crippen molar-refractivity contribution in [3.63, 3.8) is 0 Å². The maximum atomic E-state index is 11.0. The molecule has 3 unspecified atom stereocenters. The zero-order chi connectivity index (χ0) is 12.7. The monoisotopic (exact) mass is 243 g/mol. The number of nitrogens with one attached hydrogen (secondary N) is 1. The summed E-state index contributed by atoms with van der Waals surface area (Å²) in [5.41, 5.74) is 0. The lowest BCUT2D eigenvalue weighted by atomic mass is 9.88. The van der Waals surface area contributed by atoms with Crippen LogP contribution in [0.5, 0.6) is 0 Å². The predicted molar refractivity (Wildman–Crippen MR) is 67.1 cm³/mol. The van der Waals surface area contributed by atoms with Gasteiger partial charge in [0.25, 0.3) is 0 Å². The van der Waals surface area contributed by atoms with Crippen molar-refractivity contribution in [2.24, 2.45) is 5.92 Å². The Morgan fingerprint density at radius 2 is 2.18 bits per heavy atom. The molecule has 1 aliphatic carbocycles. The molecular weight excluding hydrogens is 218 g/mol. The third-order valence-corrected chi connectivity index (χ3v) is 3.45. The van der Waals surface area contributed by atoms with E-state index >= 15 is 0 Å². The zero-order valence-electron chi connectivity index (χ0n) is 10.9. The van der Waals surface area contributed by atoms with Crippen LogP contribution in [0, 0.1) is 5.92 Å². The molecule has 1 aliphatic rings. The standard InChI is InChI=1S/C13H25NO3/c1-3-8-14-11(13(15)16)9-17-12-7-5-4-6-10(12)2/h10-12,14H,3-9H2,1-2H3,(H,15,16). The molecule has 0 aromatic heterocycles. The van der Waals surface area contributed by atoms with E-state index in [1.54, 1.807) is 0 Å². The van der Waals surface area contributed by atoms with Crippen LogP contribution in [0.2, 0.25) is 0 Å². The highest BCUT2D eigenvalue weighted by Crippen LogP contribution is 2.26. The minimum Gasteiger partial charge on any atom is -0.480 e. The lowest BCUT2D eigenvalue weighted by Crippen LogP contribution is -2.42. The van der Waals surface area contributed by atoms with Crippen molar-refractivity contribution >= 4 is 5.97 Å². The Kier molecular flexibility index (Phi) is 6.52. The summed E-state index contributed by atoms with van der Waals surface area (Å²) in [6, 6.07) is -0.566. The first-order chi connectivity index (χ1) is 8.15. The van der Waals surface area contributed by atoms with Crippen molar-refractivity contribution in [2.45, 2.75) is 58.1 Å². The third kappa shape index (κ3) is 5.04. The van der Waals surface area contributed by atoms with Crippen molar-refractivity contribution in [1.29, 1.82) is 0 Å². The molecule has 1 rings (SSSR count). The summed E-state index contributed by atoms with van der Waals surface area (Å²) in [5.74, 6) is -0.258. The van der Waals surface area contributed by atoms with Gasteiger partial charge in [0.1, 0.15) is 6.04 Å². The SMILES string of the molecule is CCCNC(COC1CCCCC1C)C(=O)O. The molecule has 100 valence electrons. The number of hydrogen-bond acceptors (Lipinski definition) is 3. The summed E-state index contributed by atoms with van der Waals surface area (Å²) >= 11 is 0. The van der Waals surface area contributed by atoms with Gasteiger partial charge in [0.2, 0.25) is 0 Å². The third-order valence-electron chi connectivity index (χ3n) is 3.45. The van der Waals surface area contributed by atoms with E-state index in [0.29, 0.717) is 5.92 Å². The number of aliphatic carboxylic acids is 1. The van der Waals surface area contributed by atoms with Crippen molar-refractivity contribution in [1.82, 2.24) is 5.32 Å². The van der Waals surface area contributed by atoms with Crippen LogP contribution < -0.4 is 5.32 Å². The van der Waals surface area contributed by atoms with Crippen LogP contribution in [-0.4, -0.2) is 36.4 Å². The van der Waals surface area contributed by atoms with Crippen LogP contribution in [0.1, 0.15) is 46.0 Å². The maximum Gasteiger partial charge on any atom is 0.323 e. The molecule has 1 saturated carbocycles. The summed E-state index contributed by atoms with van der Waals surface area (Å²) in [6.45, 7) is 5.22. The van der Waals surface area contributed by atoms with Gasteiger partial charge >= 0.3 is 5.97 Å². The molecule has 3 atom stereocenters. The van der Waals surface area contributed by atoms with E-state index in [1.807, 2.05) is 6.92 Å². The topological polar surface area (TPSA) is 58.6 Å². The van der Waals surface area contributed by atoms with Gasteiger partial charge in [-0.25, -0.2) is 0 Å². The van der Waals surface area contributed by atoms with Gasteiger partial charge in [-0.3, -0.25) is 4.79 Å². The Morgan fingerprint density at radius 1 is 1.47 bits per heavy atom. The number of carboxylic acids is 1. The molecule has 1 fully saturated rings. The number of rotatable bonds is 7. The fourth-order valence-electron chi connectivity index (χ4n) is 2.29. The molecule has 17 heavy (non-hydrogen) atoms. The summed E-state index contributed by atoms with van der Waals surface area (Å²) in [6.07, 6.45) is 5.93. The summed E-state index contributed by atoms with van der Waals surface area (Å²) in [4.78, 5) is 11.0. The van der Waals surface area contributed by atoms with Crippen molar-refractivity contribution in [3.8, 4) is 0 Å². The zero-order valence-corrected chi connectivity index (χ0v) is 10.9. The first-order valence-corrected chi connectivity index (χ1v) is 6.73. The van der Waals surface area contributed by atoms with Crippen LogP contribution in [0.15, 0.2) is 0 Å².